The number of carbonyl (C=O) groups is 3. The van der Waals surface area contributed by atoms with Gasteiger partial charge in [0.1, 0.15) is 0 Å². The zero-order chi connectivity index (χ0) is 32.1. The van der Waals surface area contributed by atoms with Crippen LogP contribution in [-0.2, 0) is 9.59 Å². The van der Waals surface area contributed by atoms with Crippen LogP contribution in [0, 0.1) is 11.8 Å². The summed E-state index contributed by atoms with van der Waals surface area (Å²) in [6.45, 7) is 26.8. The molecule has 1 rings (SSSR count). The van der Waals surface area contributed by atoms with Crippen molar-refractivity contribution >= 4 is 17.7 Å². The predicted molar refractivity (Wildman–Crippen MR) is 174 cm³/mol. The predicted octanol–water partition coefficient (Wildman–Crippen LogP) is 5.37. The van der Waals surface area contributed by atoms with Crippen molar-refractivity contribution in [2.45, 2.75) is 113 Å². The molecule has 0 radical (unpaired) electrons. The Kier molecular flexibility index (Phi) is 22.0. The van der Waals surface area contributed by atoms with E-state index in [0.29, 0.717) is 18.7 Å². The third kappa shape index (κ3) is 20.1. The summed E-state index contributed by atoms with van der Waals surface area (Å²) < 4.78 is 0. The van der Waals surface area contributed by atoms with Gasteiger partial charge in [0.05, 0.1) is 5.54 Å². The summed E-state index contributed by atoms with van der Waals surface area (Å²) in [6, 6.07) is 9.08. The van der Waals surface area contributed by atoms with E-state index in [1.54, 1.807) is 12.1 Å². The maximum atomic E-state index is 12.1. The third-order valence-electron chi connectivity index (χ3n) is 6.97. The molecule has 8 heteroatoms. The maximum Gasteiger partial charge on any atom is 0.251 e. The zero-order valence-electron chi connectivity index (χ0n) is 28.2. The Morgan fingerprint density at radius 3 is 1.41 bits per heavy atom. The minimum atomic E-state index is -0.491. The second-order valence-corrected chi connectivity index (χ2v) is 11.8. The van der Waals surface area contributed by atoms with E-state index in [0.717, 1.165) is 25.7 Å². The van der Waals surface area contributed by atoms with Crippen molar-refractivity contribution in [2.75, 3.05) is 32.7 Å². The normalized spacial score (nSPS) is 11.3. The van der Waals surface area contributed by atoms with Gasteiger partial charge in [0.15, 0.2) is 0 Å². The summed E-state index contributed by atoms with van der Waals surface area (Å²) in [5, 5.41) is 8.74. The molecule has 0 atom stereocenters. The molecule has 0 saturated heterocycles. The molecule has 3 amide bonds. The van der Waals surface area contributed by atoms with Gasteiger partial charge in [0.2, 0.25) is 11.8 Å². The van der Waals surface area contributed by atoms with E-state index < -0.39 is 5.54 Å². The Morgan fingerprint density at radius 2 is 1.10 bits per heavy atom. The zero-order valence-corrected chi connectivity index (χ0v) is 28.2. The van der Waals surface area contributed by atoms with E-state index in [9.17, 15) is 14.4 Å². The topological polar surface area (TPSA) is 117 Å². The van der Waals surface area contributed by atoms with Gasteiger partial charge in [-0.15, -0.1) is 0 Å². The molecule has 0 fully saturated rings. The van der Waals surface area contributed by atoms with Crippen LogP contribution in [0.3, 0.4) is 0 Å². The summed E-state index contributed by atoms with van der Waals surface area (Å²) in [5.41, 5.74) is 5.56. The molecule has 5 N–H and O–H groups in total. The highest BCUT2D eigenvalue weighted by Crippen LogP contribution is 2.10. The standard InChI is InChI=1S/C17H26N2O2.C10H22N2O.C6H15N/c1-5-13(6-2)15(20)18-12-17(3,4)19-16(21)14-10-8-7-9-11-14;1-5-8(6-2)9(13)12-7-10(3,4)11;1-4-7(5-2)6-3/h7-11,13H,5-6,12H2,1-4H3,(H,18,20)(H,19,21);8H,5-7,11H2,1-4H3,(H,12,13);4-6H2,1-3H3. The van der Waals surface area contributed by atoms with Gasteiger partial charge in [-0.25, -0.2) is 0 Å². The Bertz CT molecular complexity index is 820. The summed E-state index contributed by atoms with van der Waals surface area (Å²) in [4.78, 5) is 38.0. The quantitative estimate of drug-likeness (QED) is 0.224. The van der Waals surface area contributed by atoms with Crippen molar-refractivity contribution in [2.24, 2.45) is 17.6 Å². The number of nitrogens with two attached hydrogens (primary N) is 1. The van der Waals surface area contributed by atoms with Gasteiger partial charge in [-0.3, -0.25) is 14.4 Å². The minimum absolute atomic E-state index is 0.0469. The Hall–Kier alpha value is -2.45. The van der Waals surface area contributed by atoms with E-state index in [-0.39, 0.29) is 35.1 Å². The van der Waals surface area contributed by atoms with Crippen LogP contribution in [0.1, 0.15) is 112 Å². The molecule has 0 aromatic heterocycles. The van der Waals surface area contributed by atoms with Crippen molar-refractivity contribution in [1.82, 2.24) is 20.9 Å². The van der Waals surface area contributed by atoms with E-state index in [1.165, 1.54) is 19.6 Å². The SMILES string of the molecule is CCC(CC)C(=O)NCC(C)(C)N.CCC(CC)C(=O)NCC(C)(C)NC(=O)c1ccccc1.CCN(CC)CC. The monoisotopic (exact) mass is 577 g/mol. The maximum absolute atomic E-state index is 12.1. The van der Waals surface area contributed by atoms with Crippen LogP contribution in [0.25, 0.3) is 0 Å². The molecule has 0 heterocycles. The van der Waals surface area contributed by atoms with Crippen molar-refractivity contribution in [1.29, 1.82) is 0 Å². The van der Waals surface area contributed by atoms with Gasteiger partial charge < -0.3 is 26.6 Å². The molecule has 0 saturated carbocycles. The van der Waals surface area contributed by atoms with Gasteiger partial charge in [0, 0.05) is 36.0 Å². The second kappa shape index (κ2) is 22.2. The Balaban J connectivity index is 0. The van der Waals surface area contributed by atoms with E-state index >= 15 is 0 Å². The van der Waals surface area contributed by atoms with Crippen molar-refractivity contribution in [3.05, 3.63) is 35.9 Å². The number of nitrogens with zero attached hydrogens (tertiary/aromatic N) is 1. The van der Waals surface area contributed by atoms with Gasteiger partial charge in [-0.05, 0) is 85.1 Å². The largest absolute Gasteiger partial charge is 0.354 e. The molecule has 1 aromatic rings. The van der Waals surface area contributed by atoms with E-state index in [1.807, 2.05) is 73.6 Å². The smallest absolute Gasteiger partial charge is 0.251 e. The van der Waals surface area contributed by atoms with Crippen LogP contribution in [0.5, 0.6) is 0 Å². The fourth-order valence-electron chi connectivity index (χ4n) is 3.91. The molecule has 0 bridgehead atoms. The summed E-state index contributed by atoms with van der Waals surface area (Å²) in [7, 11) is 0. The third-order valence-corrected chi connectivity index (χ3v) is 6.97. The first-order valence-corrected chi connectivity index (χ1v) is 15.6. The van der Waals surface area contributed by atoms with Crippen molar-refractivity contribution in [3.8, 4) is 0 Å². The van der Waals surface area contributed by atoms with Crippen LogP contribution in [0.15, 0.2) is 30.3 Å². The average Bonchev–Trinajstić information content (AvgIpc) is 2.94. The lowest BCUT2D eigenvalue weighted by Crippen LogP contribution is -2.52. The number of amides is 3. The molecular weight excluding hydrogens is 514 g/mol. The summed E-state index contributed by atoms with van der Waals surface area (Å²) >= 11 is 0. The number of hydrogen-bond acceptors (Lipinski definition) is 5. The molecule has 41 heavy (non-hydrogen) atoms. The first-order valence-electron chi connectivity index (χ1n) is 15.6. The van der Waals surface area contributed by atoms with Crippen molar-refractivity contribution < 1.29 is 14.4 Å². The van der Waals surface area contributed by atoms with E-state index in [2.05, 4.69) is 41.6 Å². The van der Waals surface area contributed by atoms with Crippen LogP contribution >= 0.6 is 0 Å². The number of carbonyl (C=O) groups excluding carboxylic acids is 3. The second-order valence-electron chi connectivity index (χ2n) is 11.8. The Morgan fingerprint density at radius 1 is 0.707 bits per heavy atom. The molecule has 8 nitrogen and oxygen atoms in total. The molecule has 0 aliphatic carbocycles. The van der Waals surface area contributed by atoms with Gasteiger partial charge in [-0.2, -0.15) is 0 Å². The number of nitrogens with one attached hydrogen (secondary N) is 3. The number of rotatable bonds is 15. The van der Waals surface area contributed by atoms with Gasteiger partial charge in [0.25, 0.3) is 5.91 Å². The van der Waals surface area contributed by atoms with Crippen molar-refractivity contribution in [3.63, 3.8) is 0 Å². The first kappa shape index (κ1) is 40.7. The number of benzene rings is 1. The first-order chi connectivity index (χ1) is 19.1. The van der Waals surface area contributed by atoms with E-state index in [4.69, 9.17) is 5.73 Å². The summed E-state index contributed by atoms with van der Waals surface area (Å²) in [5.74, 6) is 0.246. The minimum Gasteiger partial charge on any atom is -0.354 e. The number of hydrogen-bond donors (Lipinski definition) is 4. The lowest BCUT2D eigenvalue weighted by molar-refractivity contribution is -0.126. The molecule has 0 aliphatic rings. The van der Waals surface area contributed by atoms with Gasteiger partial charge >= 0.3 is 0 Å². The molecule has 238 valence electrons. The highest BCUT2D eigenvalue weighted by Gasteiger charge is 2.23. The summed E-state index contributed by atoms with van der Waals surface area (Å²) in [6.07, 6.45) is 3.46. The molecule has 0 aliphatic heterocycles. The van der Waals surface area contributed by atoms with Crippen LogP contribution in [-0.4, -0.2) is 66.4 Å². The fraction of sp³-hybridized carbons (Fsp3) is 0.727. The molecule has 1 aromatic carbocycles. The van der Waals surface area contributed by atoms with Gasteiger partial charge in [-0.1, -0.05) is 66.7 Å². The molecule has 0 unspecified atom stereocenters. The molecular formula is C33H63N5O3. The lowest BCUT2D eigenvalue weighted by Gasteiger charge is -2.27. The fourth-order valence-corrected chi connectivity index (χ4v) is 3.91. The molecule has 0 spiro atoms. The highest BCUT2D eigenvalue weighted by atomic mass is 16.2. The van der Waals surface area contributed by atoms with Crippen LogP contribution < -0.4 is 21.7 Å². The highest BCUT2D eigenvalue weighted by molar-refractivity contribution is 5.94. The Labute approximate surface area is 252 Å². The lowest BCUT2D eigenvalue weighted by atomic mass is 10.0. The van der Waals surface area contributed by atoms with Crippen LogP contribution in [0.2, 0.25) is 0 Å². The van der Waals surface area contributed by atoms with Crippen LogP contribution in [0.4, 0.5) is 0 Å². The average molecular weight is 578 g/mol.